The van der Waals surface area contributed by atoms with Crippen LogP contribution in [0.5, 0.6) is 0 Å². The summed E-state index contributed by atoms with van der Waals surface area (Å²) >= 11 is 1.29. The van der Waals surface area contributed by atoms with E-state index in [0.29, 0.717) is 5.56 Å². The molecule has 0 bridgehead atoms. The van der Waals surface area contributed by atoms with Crippen LogP contribution in [0.2, 0.25) is 0 Å². The summed E-state index contributed by atoms with van der Waals surface area (Å²) in [7, 11) is 0. The van der Waals surface area contributed by atoms with Crippen LogP contribution in [0.1, 0.15) is 5.56 Å². The lowest BCUT2D eigenvalue weighted by atomic mass is 10.0. The van der Waals surface area contributed by atoms with Gasteiger partial charge in [-0.05, 0) is 24.3 Å². The molecule has 4 rings (SSSR count). The average Bonchev–Trinajstić information content (AvgIpc) is 3.03. The average molecular weight is 358 g/mol. The number of nitrogens with zero attached hydrogens (tertiary/aromatic N) is 2. The number of benzene rings is 3. The molecule has 0 amide bonds. The Balaban J connectivity index is 2.03. The molecule has 3 aromatic carbocycles. The van der Waals surface area contributed by atoms with Gasteiger partial charge < -0.3 is 9.67 Å². The number of carboxylic acids is 1. The van der Waals surface area contributed by atoms with Crippen molar-refractivity contribution in [2.45, 2.75) is 5.03 Å². The van der Waals surface area contributed by atoms with E-state index in [2.05, 4.69) is 10.6 Å². The lowest BCUT2D eigenvalue weighted by Crippen LogP contribution is -2.02. The molecule has 0 aliphatic carbocycles. The Hall–Kier alpha value is -3.23. The SMILES string of the molecule is N#Cc1ccc(-n2c(SCC(=O)O)cc3ccccc32)c2ccccc12. The molecule has 1 aromatic heterocycles. The Labute approximate surface area is 154 Å². The lowest BCUT2D eigenvalue weighted by molar-refractivity contribution is -0.133. The number of hydrogen-bond donors (Lipinski definition) is 1. The third kappa shape index (κ3) is 2.71. The number of rotatable bonds is 4. The van der Waals surface area contributed by atoms with Gasteiger partial charge in [0, 0.05) is 16.2 Å². The summed E-state index contributed by atoms with van der Waals surface area (Å²) in [5, 5.41) is 22.3. The monoisotopic (exact) mass is 358 g/mol. The van der Waals surface area contributed by atoms with Crippen LogP contribution in [-0.2, 0) is 4.79 Å². The van der Waals surface area contributed by atoms with E-state index in [0.717, 1.165) is 32.4 Å². The number of nitriles is 1. The van der Waals surface area contributed by atoms with E-state index >= 15 is 0 Å². The van der Waals surface area contributed by atoms with Crippen molar-refractivity contribution in [3.8, 4) is 11.8 Å². The second-order valence-electron chi connectivity index (χ2n) is 5.85. The van der Waals surface area contributed by atoms with Crippen molar-refractivity contribution in [1.82, 2.24) is 4.57 Å². The van der Waals surface area contributed by atoms with E-state index in [4.69, 9.17) is 5.11 Å². The number of para-hydroxylation sites is 1. The minimum atomic E-state index is -0.850. The highest BCUT2D eigenvalue weighted by molar-refractivity contribution is 7.99. The standard InChI is InChI=1S/C21H14N2O2S/c22-12-15-9-10-19(17-7-3-2-6-16(15)17)23-18-8-4-1-5-14(18)11-20(23)26-13-21(24)25/h1-11H,13H2,(H,24,25). The van der Waals surface area contributed by atoms with Gasteiger partial charge in [-0.1, -0.05) is 54.2 Å². The quantitative estimate of drug-likeness (QED) is 0.531. The molecular weight excluding hydrogens is 344 g/mol. The predicted molar refractivity (Wildman–Crippen MR) is 104 cm³/mol. The normalized spacial score (nSPS) is 10.9. The van der Waals surface area contributed by atoms with Crippen LogP contribution < -0.4 is 0 Å². The molecular formula is C21H14N2O2S. The van der Waals surface area contributed by atoms with Gasteiger partial charge in [0.25, 0.3) is 0 Å². The molecule has 0 spiro atoms. The zero-order valence-corrected chi connectivity index (χ0v) is 14.5. The van der Waals surface area contributed by atoms with Crippen molar-refractivity contribution in [3.63, 3.8) is 0 Å². The number of carbonyl (C=O) groups is 1. The molecule has 5 heteroatoms. The first-order valence-electron chi connectivity index (χ1n) is 8.06. The number of carboxylic acid groups (broad SMARTS) is 1. The van der Waals surface area contributed by atoms with Gasteiger partial charge >= 0.3 is 5.97 Å². The van der Waals surface area contributed by atoms with Gasteiger partial charge in [0.15, 0.2) is 0 Å². The fourth-order valence-electron chi connectivity index (χ4n) is 3.20. The molecule has 0 atom stereocenters. The fraction of sp³-hybridized carbons (Fsp3) is 0.0476. The van der Waals surface area contributed by atoms with E-state index in [9.17, 15) is 10.1 Å². The van der Waals surface area contributed by atoms with E-state index < -0.39 is 5.97 Å². The first kappa shape index (κ1) is 16.2. The first-order chi connectivity index (χ1) is 12.7. The number of thioether (sulfide) groups is 1. The van der Waals surface area contributed by atoms with Crippen LogP contribution in [0.4, 0.5) is 0 Å². The molecule has 1 N–H and O–H groups in total. The van der Waals surface area contributed by atoms with E-state index in [1.807, 2.05) is 66.7 Å². The molecule has 0 aliphatic rings. The predicted octanol–water partition coefficient (Wildman–Crippen LogP) is 4.83. The van der Waals surface area contributed by atoms with Crippen LogP contribution in [-0.4, -0.2) is 21.4 Å². The summed E-state index contributed by atoms with van der Waals surface area (Å²) in [4.78, 5) is 11.1. The summed E-state index contributed by atoms with van der Waals surface area (Å²) in [5.74, 6) is -0.860. The summed E-state index contributed by atoms with van der Waals surface area (Å²) in [6.07, 6.45) is 0. The van der Waals surface area contributed by atoms with Crippen LogP contribution in [0.25, 0.3) is 27.4 Å². The Morgan fingerprint density at radius 2 is 1.77 bits per heavy atom. The Morgan fingerprint density at radius 3 is 2.54 bits per heavy atom. The highest BCUT2D eigenvalue weighted by Crippen LogP contribution is 2.34. The smallest absolute Gasteiger partial charge is 0.313 e. The van der Waals surface area contributed by atoms with E-state index in [1.165, 1.54) is 11.8 Å². The maximum absolute atomic E-state index is 11.1. The molecule has 4 aromatic rings. The van der Waals surface area contributed by atoms with Crippen LogP contribution in [0.15, 0.2) is 71.8 Å². The second kappa shape index (κ2) is 6.58. The zero-order valence-electron chi connectivity index (χ0n) is 13.7. The van der Waals surface area contributed by atoms with Crippen molar-refractivity contribution in [3.05, 3.63) is 72.3 Å². The molecule has 126 valence electrons. The number of fused-ring (bicyclic) bond motifs is 2. The van der Waals surface area contributed by atoms with Crippen molar-refractivity contribution in [2.24, 2.45) is 0 Å². The number of aliphatic carboxylic acids is 1. The number of aromatic nitrogens is 1. The molecule has 1 heterocycles. The van der Waals surface area contributed by atoms with Gasteiger partial charge in [0.2, 0.25) is 0 Å². The summed E-state index contributed by atoms with van der Waals surface area (Å²) in [6, 6.07) is 23.8. The topological polar surface area (TPSA) is 66.0 Å². The molecule has 0 radical (unpaired) electrons. The van der Waals surface area contributed by atoms with Crippen LogP contribution in [0.3, 0.4) is 0 Å². The Morgan fingerprint density at radius 1 is 1.04 bits per heavy atom. The zero-order chi connectivity index (χ0) is 18.1. The van der Waals surface area contributed by atoms with Gasteiger partial charge in [-0.2, -0.15) is 5.26 Å². The minimum absolute atomic E-state index is 0.00939. The molecule has 0 saturated carbocycles. The lowest BCUT2D eigenvalue weighted by Gasteiger charge is -2.14. The van der Waals surface area contributed by atoms with Gasteiger partial charge in [-0.15, -0.1) is 0 Å². The second-order valence-corrected chi connectivity index (χ2v) is 6.84. The third-order valence-corrected chi connectivity index (χ3v) is 5.27. The van der Waals surface area contributed by atoms with Gasteiger partial charge in [-0.25, -0.2) is 0 Å². The maximum Gasteiger partial charge on any atom is 0.313 e. The third-order valence-electron chi connectivity index (χ3n) is 4.28. The molecule has 0 saturated heterocycles. The van der Waals surface area contributed by atoms with Gasteiger partial charge in [0.05, 0.1) is 33.6 Å². The van der Waals surface area contributed by atoms with Crippen molar-refractivity contribution in [1.29, 1.82) is 5.26 Å². The maximum atomic E-state index is 11.1. The largest absolute Gasteiger partial charge is 0.481 e. The summed E-state index contributed by atoms with van der Waals surface area (Å²) in [6.45, 7) is 0. The number of hydrogen-bond acceptors (Lipinski definition) is 3. The van der Waals surface area contributed by atoms with Crippen LogP contribution in [0, 0.1) is 11.3 Å². The van der Waals surface area contributed by atoms with Gasteiger partial charge in [0.1, 0.15) is 0 Å². The fourth-order valence-corrected chi connectivity index (χ4v) is 4.00. The molecule has 26 heavy (non-hydrogen) atoms. The summed E-state index contributed by atoms with van der Waals surface area (Å²) < 4.78 is 2.08. The van der Waals surface area contributed by atoms with E-state index in [-0.39, 0.29) is 5.75 Å². The van der Waals surface area contributed by atoms with Crippen molar-refractivity contribution in [2.75, 3.05) is 5.75 Å². The molecule has 4 nitrogen and oxygen atoms in total. The van der Waals surface area contributed by atoms with Crippen molar-refractivity contribution < 1.29 is 9.90 Å². The van der Waals surface area contributed by atoms with Crippen LogP contribution >= 0.6 is 11.8 Å². The Kier molecular flexibility index (Phi) is 4.11. The highest BCUT2D eigenvalue weighted by Gasteiger charge is 2.15. The molecule has 0 aliphatic heterocycles. The van der Waals surface area contributed by atoms with Crippen molar-refractivity contribution >= 4 is 39.4 Å². The first-order valence-corrected chi connectivity index (χ1v) is 9.05. The minimum Gasteiger partial charge on any atom is -0.481 e. The highest BCUT2D eigenvalue weighted by atomic mass is 32.2. The summed E-state index contributed by atoms with van der Waals surface area (Å²) in [5.41, 5.74) is 2.57. The molecule has 0 fully saturated rings. The molecule has 0 unspecified atom stereocenters. The Bertz CT molecular complexity index is 1190. The van der Waals surface area contributed by atoms with Gasteiger partial charge in [-0.3, -0.25) is 4.79 Å². The van der Waals surface area contributed by atoms with E-state index in [1.54, 1.807) is 0 Å².